The van der Waals surface area contributed by atoms with Crippen LogP contribution in [0.4, 0.5) is 22.9 Å². The number of ether oxygens (including phenoxy) is 1. The highest BCUT2D eigenvalue weighted by molar-refractivity contribution is 5.98. The molecule has 32 heavy (non-hydrogen) atoms. The molecule has 168 valence electrons. The Hall–Kier alpha value is -3.59. The van der Waals surface area contributed by atoms with E-state index in [4.69, 9.17) is 15.0 Å². The number of amides is 2. The van der Waals surface area contributed by atoms with Crippen molar-refractivity contribution in [3.63, 3.8) is 0 Å². The van der Waals surface area contributed by atoms with Crippen LogP contribution in [0, 0.1) is 5.92 Å². The summed E-state index contributed by atoms with van der Waals surface area (Å²) in [7, 11) is 0. The van der Waals surface area contributed by atoms with E-state index in [1.807, 2.05) is 24.3 Å². The summed E-state index contributed by atoms with van der Waals surface area (Å²) in [5.74, 6) is 0.400. The number of morpholine rings is 1. The van der Waals surface area contributed by atoms with Crippen molar-refractivity contribution >= 4 is 45.7 Å². The molecule has 0 aliphatic carbocycles. The van der Waals surface area contributed by atoms with Crippen molar-refractivity contribution in [3.8, 4) is 0 Å². The predicted molar refractivity (Wildman–Crippen MR) is 124 cm³/mol. The third-order valence-electron chi connectivity index (χ3n) is 5.29. The number of benzene rings is 2. The molecule has 1 aromatic heterocycles. The lowest BCUT2D eigenvalue weighted by atomic mass is 10.0. The highest BCUT2D eigenvalue weighted by Gasteiger charge is 2.22. The Labute approximate surface area is 185 Å². The number of nitrogens with one attached hydrogen (secondary N) is 2. The van der Waals surface area contributed by atoms with Gasteiger partial charge < -0.3 is 30.5 Å². The first kappa shape index (κ1) is 21.6. The summed E-state index contributed by atoms with van der Waals surface area (Å²) < 4.78 is 10.3. The van der Waals surface area contributed by atoms with Gasteiger partial charge >= 0.3 is 0 Å². The van der Waals surface area contributed by atoms with Crippen LogP contribution in [0.2, 0.25) is 0 Å². The van der Waals surface area contributed by atoms with Crippen molar-refractivity contribution in [2.45, 2.75) is 26.3 Å². The quantitative estimate of drug-likeness (QED) is 0.518. The minimum atomic E-state index is -0.450. The molecule has 1 aliphatic heterocycles. The fraction of sp³-hybridized carbons (Fsp3) is 0.348. The van der Waals surface area contributed by atoms with Gasteiger partial charge in [0.1, 0.15) is 12.6 Å². The SMILES string of the molecule is CC(C)CC(Nc1ccc2onc(N)c2c1)C(=O)Nc1ccc(N2CCOCC2=O)cc1. The van der Waals surface area contributed by atoms with E-state index in [2.05, 4.69) is 29.6 Å². The summed E-state index contributed by atoms with van der Waals surface area (Å²) in [5, 5.41) is 10.7. The number of aromatic nitrogens is 1. The van der Waals surface area contributed by atoms with Crippen molar-refractivity contribution < 1.29 is 18.8 Å². The molecular formula is C23H27N5O4. The molecule has 1 saturated heterocycles. The van der Waals surface area contributed by atoms with Gasteiger partial charge in [0.25, 0.3) is 5.91 Å². The summed E-state index contributed by atoms with van der Waals surface area (Å²) in [6, 6.07) is 12.2. The first-order chi connectivity index (χ1) is 15.4. The third kappa shape index (κ3) is 4.83. The fourth-order valence-corrected chi connectivity index (χ4v) is 3.70. The summed E-state index contributed by atoms with van der Waals surface area (Å²) >= 11 is 0. The normalized spacial score (nSPS) is 15.2. The number of fused-ring (bicyclic) bond motifs is 1. The molecule has 4 N–H and O–H groups in total. The van der Waals surface area contributed by atoms with Crippen LogP contribution in [-0.2, 0) is 14.3 Å². The van der Waals surface area contributed by atoms with Gasteiger partial charge in [-0.05, 0) is 54.8 Å². The van der Waals surface area contributed by atoms with E-state index >= 15 is 0 Å². The number of carbonyl (C=O) groups is 2. The molecule has 3 aromatic rings. The second-order valence-corrected chi connectivity index (χ2v) is 8.24. The first-order valence-electron chi connectivity index (χ1n) is 10.6. The summed E-state index contributed by atoms with van der Waals surface area (Å²) in [5.41, 5.74) is 8.65. The van der Waals surface area contributed by atoms with Crippen molar-refractivity contribution in [1.29, 1.82) is 0 Å². The Balaban J connectivity index is 1.46. The zero-order valence-electron chi connectivity index (χ0n) is 18.1. The molecule has 2 amide bonds. The van der Waals surface area contributed by atoms with Gasteiger partial charge in [0.15, 0.2) is 11.4 Å². The van der Waals surface area contributed by atoms with E-state index in [-0.39, 0.29) is 18.4 Å². The van der Waals surface area contributed by atoms with E-state index in [1.54, 1.807) is 23.1 Å². The number of carbonyl (C=O) groups excluding carboxylic acids is 2. The zero-order valence-corrected chi connectivity index (χ0v) is 18.1. The predicted octanol–water partition coefficient (Wildman–Crippen LogP) is 3.24. The zero-order chi connectivity index (χ0) is 22.7. The van der Waals surface area contributed by atoms with E-state index in [9.17, 15) is 9.59 Å². The second-order valence-electron chi connectivity index (χ2n) is 8.24. The van der Waals surface area contributed by atoms with Crippen LogP contribution in [0.1, 0.15) is 20.3 Å². The topological polar surface area (TPSA) is 123 Å². The van der Waals surface area contributed by atoms with Crippen LogP contribution < -0.4 is 21.3 Å². The summed E-state index contributed by atoms with van der Waals surface area (Å²) in [6.45, 7) is 5.26. The number of nitrogens with two attached hydrogens (primary N) is 1. The van der Waals surface area contributed by atoms with E-state index in [1.165, 1.54) is 0 Å². The lowest BCUT2D eigenvalue weighted by Gasteiger charge is -2.27. The lowest BCUT2D eigenvalue weighted by molar-refractivity contribution is -0.125. The van der Waals surface area contributed by atoms with Crippen LogP contribution >= 0.6 is 0 Å². The molecule has 1 unspecified atom stereocenters. The standard InChI is InChI=1S/C23H27N5O4/c1-14(2)11-19(25-16-5-8-20-18(12-16)22(24)27-32-20)23(30)26-15-3-6-17(7-4-15)28-9-10-31-13-21(28)29/h3-8,12,14,19,25H,9-11,13H2,1-2H3,(H2,24,27)(H,26,30). The molecule has 0 bridgehead atoms. The molecule has 1 atom stereocenters. The van der Waals surface area contributed by atoms with Gasteiger partial charge in [0.2, 0.25) is 5.91 Å². The van der Waals surface area contributed by atoms with Crippen LogP contribution in [0.3, 0.4) is 0 Å². The molecule has 0 saturated carbocycles. The Morgan fingerprint density at radius 3 is 2.66 bits per heavy atom. The maximum atomic E-state index is 13.1. The van der Waals surface area contributed by atoms with Crippen molar-refractivity contribution in [3.05, 3.63) is 42.5 Å². The molecular weight excluding hydrogens is 410 g/mol. The Kier molecular flexibility index (Phi) is 6.27. The molecule has 2 heterocycles. The van der Waals surface area contributed by atoms with Crippen LogP contribution in [0.25, 0.3) is 11.0 Å². The lowest BCUT2D eigenvalue weighted by Crippen LogP contribution is -2.41. The molecule has 0 radical (unpaired) electrons. The highest BCUT2D eigenvalue weighted by Crippen LogP contribution is 2.25. The van der Waals surface area contributed by atoms with Crippen LogP contribution in [0.15, 0.2) is 47.0 Å². The molecule has 1 aliphatic rings. The maximum Gasteiger partial charge on any atom is 0.253 e. The minimum Gasteiger partial charge on any atom is -0.380 e. The molecule has 1 fully saturated rings. The van der Waals surface area contributed by atoms with Crippen molar-refractivity contribution in [2.75, 3.05) is 41.0 Å². The Morgan fingerprint density at radius 2 is 1.94 bits per heavy atom. The van der Waals surface area contributed by atoms with E-state index in [0.29, 0.717) is 48.0 Å². The number of nitrogen functional groups attached to an aromatic ring is 1. The average Bonchev–Trinajstić information content (AvgIpc) is 3.14. The van der Waals surface area contributed by atoms with Gasteiger partial charge in [-0.25, -0.2) is 0 Å². The molecule has 4 rings (SSSR count). The van der Waals surface area contributed by atoms with Crippen molar-refractivity contribution in [1.82, 2.24) is 5.16 Å². The number of anilines is 4. The number of nitrogens with zero attached hydrogens (tertiary/aromatic N) is 2. The number of hydrogen-bond acceptors (Lipinski definition) is 7. The van der Waals surface area contributed by atoms with Crippen molar-refractivity contribution in [2.24, 2.45) is 5.92 Å². The average molecular weight is 438 g/mol. The second kappa shape index (κ2) is 9.27. The highest BCUT2D eigenvalue weighted by atomic mass is 16.5. The summed E-state index contributed by atoms with van der Waals surface area (Å²) in [6.07, 6.45) is 0.642. The summed E-state index contributed by atoms with van der Waals surface area (Å²) in [4.78, 5) is 26.8. The Morgan fingerprint density at radius 1 is 1.19 bits per heavy atom. The van der Waals surface area contributed by atoms with Gasteiger partial charge in [0, 0.05) is 23.6 Å². The number of hydrogen-bond donors (Lipinski definition) is 3. The fourth-order valence-electron chi connectivity index (χ4n) is 3.70. The van der Waals surface area contributed by atoms with Gasteiger partial charge in [0.05, 0.1) is 12.0 Å². The molecule has 2 aromatic carbocycles. The maximum absolute atomic E-state index is 13.1. The van der Waals surface area contributed by atoms with Gasteiger partial charge in [-0.15, -0.1) is 0 Å². The van der Waals surface area contributed by atoms with Crippen LogP contribution in [0.5, 0.6) is 0 Å². The first-order valence-corrected chi connectivity index (χ1v) is 10.6. The monoisotopic (exact) mass is 437 g/mol. The minimum absolute atomic E-state index is 0.0698. The van der Waals surface area contributed by atoms with Gasteiger partial charge in [-0.2, -0.15) is 0 Å². The van der Waals surface area contributed by atoms with E-state index in [0.717, 1.165) is 11.4 Å². The smallest absolute Gasteiger partial charge is 0.253 e. The molecule has 0 spiro atoms. The van der Waals surface area contributed by atoms with Gasteiger partial charge in [-0.1, -0.05) is 19.0 Å². The Bertz CT molecular complexity index is 1110. The molecule has 9 nitrogen and oxygen atoms in total. The van der Waals surface area contributed by atoms with E-state index < -0.39 is 6.04 Å². The van der Waals surface area contributed by atoms with Gasteiger partial charge in [-0.3, -0.25) is 9.59 Å². The molecule has 9 heteroatoms. The largest absolute Gasteiger partial charge is 0.380 e. The number of rotatable bonds is 7. The van der Waals surface area contributed by atoms with Crippen LogP contribution in [-0.4, -0.2) is 42.8 Å². The third-order valence-corrected chi connectivity index (χ3v) is 5.29.